The third-order valence-corrected chi connectivity index (χ3v) is 7.13. The molecule has 11 nitrogen and oxygen atoms in total. The number of anilines is 1. The molecule has 3 heterocycles. The van der Waals surface area contributed by atoms with Crippen molar-refractivity contribution in [2.24, 2.45) is 0 Å². The molecule has 4 rings (SSSR count). The van der Waals surface area contributed by atoms with Gasteiger partial charge in [-0.3, -0.25) is 14.5 Å². The first-order valence-electron chi connectivity index (χ1n) is 11.5. The van der Waals surface area contributed by atoms with Gasteiger partial charge in [0, 0.05) is 18.9 Å². The van der Waals surface area contributed by atoms with Crippen molar-refractivity contribution < 1.29 is 26.7 Å². The maximum atomic E-state index is 15.5. The van der Waals surface area contributed by atoms with Crippen LogP contribution in [0.3, 0.4) is 0 Å². The predicted octanol–water partition coefficient (Wildman–Crippen LogP) is 3.21. The minimum absolute atomic E-state index is 0.0101. The van der Waals surface area contributed by atoms with Crippen LogP contribution >= 0.6 is 11.6 Å². The molecule has 15 heteroatoms. The molecule has 0 aliphatic rings. The highest BCUT2D eigenvalue weighted by Gasteiger charge is 2.25. The number of amides is 1. The van der Waals surface area contributed by atoms with E-state index in [-0.39, 0.29) is 22.3 Å². The number of fused-ring (bicyclic) bond motifs is 1. The summed E-state index contributed by atoms with van der Waals surface area (Å²) in [5.74, 6) is -2.87. The molecule has 0 saturated heterocycles. The molecule has 1 amide bonds. The van der Waals surface area contributed by atoms with Gasteiger partial charge in [-0.15, -0.1) is 0 Å². The Balaban J connectivity index is 1.64. The highest BCUT2D eigenvalue weighted by atomic mass is 35.5. The van der Waals surface area contributed by atoms with E-state index in [1.807, 2.05) is 19.0 Å². The van der Waals surface area contributed by atoms with E-state index in [9.17, 15) is 17.6 Å². The predicted molar refractivity (Wildman–Crippen MR) is 140 cm³/mol. The number of imidazole rings is 1. The number of methoxy groups -OCH3 is 1. The second-order valence-electron chi connectivity index (χ2n) is 8.62. The summed E-state index contributed by atoms with van der Waals surface area (Å²) >= 11 is 5.88. The molecule has 0 unspecified atom stereocenters. The molecule has 3 aromatic heterocycles. The first kappa shape index (κ1) is 28.1. The molecule has 2 N–H and O–H groups in total. The Bertz CT molecular complexity index is 1650. The van der Waals surface area contributed by atoms with Crippen LogP contribution < -0.4 is 14.8 Å². The number of pyridine rings is 1. The Morgan fingerprint density at radius 1 is 1.18 bits per heavy atom. The number of nitrogens with zero attached hydrogens (tertiary/aromatic N) is 5. The molecule has 0 fully saturated rings. The van der Waals surface area contributed by atoms with Crippen LogP contribution in [0.1, 0.15) is 16.9 Å². The normalized spacial score (nSPS) is 11.7. The topological polar surface area (TPSA) is 131 Å². The van der Waals surface area contributed by atoms with Crippen LogP contribution in [0.2, 0.25) is 5.02 Å². The van der Waals surface area contributed by atoms with E-state index in [0.29, 0.717) is 12.1 Å². The van der Waals surface area contributed by atoms with E-state index in [0.717, 1.165) is 31.2 Å². The molecule has 0 spiro atoms. The minimum Gasteiger partial charge on any atom is -0.480 e. The minimum atomic E-state index is -4.44. The lowest BCUT2D eigenvalue weighted by molar-refractivity contribution is 0.0949. The van der Waals surface area contributed by atoms with Crippen LogP contribution in [-0.4, -0.2) is 72.9 Å². The van der Waals surface area contributed by atoms with Crippen LogP contribution in [0.25, 0.3) is 16.8 Å². The van der Waals surface area contributed by atoms with Crippen LogP contribution in [0.15, 0.2) is 48.0 Å². The van der Waals surface area contributed by atoms with E-state index >= 15 is 4.39 Å². The Morgan fingerprint density at radius 3 is 2.67 bits per heavy atom. The fourth-order valence-electron chi connectivity index (χ4n) is 3.70. The lowest BCUT2D eigenvalue weighted by Crippen LogP contribution is -2.27. The number of halogens is 3. The smallest absolute Gasteiger partial charge is 0.272 e. The molecule has 39 heavy (non-hydrogen) atoms. The molecule has 0 aliphatic carbocycles. The van der Waals surface area contributed by atoms with Gasteiger partial charge in [-0.05, 0) is 45.3 Å². The molecular formula is C24H24ClF2N7O4S. The summed E-state index contributed by atoms with van der Waals surface area (Å²) in [5, 5.41) is 2.79. The van der Waals surface area contributed by atoms with Gasteiger partial charge in [0.2, 0.25) is 5.88 Å². The fraction of sp³-hybridized carbons (Fsp3) is 0.250. The van der Waals surface area contributed by atoms with E-state index in [1.54, 1.807) is 0 Å². The van der Waals surface area contributed by atoms with Crippen LogP contribution in [0, 0.1) is 11.6 Å². The number of nitrogens with one attached hydrogen (secondary N) is 2. The molecule has 0 aliphatic heterocycles. The van der Waals surface area contributed by atoms with Crippen molar-refractivity contribution in [2.75, 3.05) is 39.0 Å². The third kappa shape index (κ3) is 6.08. The number of hydrogen-bond donors (Lipinski definition) is 2. The van der Waals surface area contributed by atoms with Gasteiger partial charge in [0.1, 0.15) is 12.1 Å². The average molecular weight is 580 g/mol. The summed E-state index contributed by atoms with van der Waals surface area (Å²) < 4.78 is 64.7. The van der Waals surface area contributed by atoms with E-state index < -0.39 is 43.7 Å². The van der Waals surface area contributed by atoms with Crippen molar-refractivity contribution in [2.45, 2.75) is 11.3 Å². The zero-order chi connectivity index (χ0) is 28.3. The standard InChI is InChI=1S/C24H24ClF2N7O4S/c1-33(2)8-4-7-28-23(35)22-18-11-29-17(12-34(18)13-31-22)20-15(26)5-6-16(21(20)27)32-39(36,37)19-9-14(25)10-30-24(19)38-3/h5-6,9-13,32H,4,7-8H2,1-3H3,(H,28,35). The second-order valence-corrected chi connectivity index (χ2v) is 10.7. The Kier molecular flexibility index (Phi) is 8.28. The molecule has 0 saturated carbocycles. The monoisotopic (exact) mass is 579 g/mol. The van der Waals surface area contributed by atoms with Crippen molar-refractivity contribution in [3.63, 3.8) is 0 Å². The maximum absolute atomic E-state index is 15.5. The van der Waals surface area contributed by atoms with Crippen molar-refractivity contribution in [3.8, 4) is 17.1 Å². The van der Waals surface area contributed by atoms with Crippen molar-refractivity contribution in [3.05, 3.63) is 65.5 Å². The van der Waals surface area contributed by atoms with Crippen molar-refractivity contribution in [1.82, 2.24) is 29.6 Å². The van der Waals surface area contributed by atoms with Crippen LogP contribution in [-0.2, 0) is 10.0 Å². The lowest BCUT2D eigenvalue weighted by Gasteiger charge is -2.14. The average Bonchev–Trinajstić information content (AvgIpc) is 3.31. The fourth-order valence-corrected chi connectivity index (χ4v) is 5.13. The van der Waals surface area contributed by atoms with Crippen LogP contribution in [0.5, 0.6) is 5.88 Å². The first-order valence-corrected chi connectivity index (χ1v) is 13.3. The SMILES string of the molecule is COc1ncc(Cl)cc1S(=O)(=O)Nc1ccc(F)c(-c2cn3cnc(C(=O)NCCCN(C)C)c3cn2)c1F. The summed E-state index contributed by atoms with van der Waals surface area (Å²) in [6, 6.07) is 2.92. The first-order chi connectivity index (χ1) is 18.5. The quantitative estimate of drug-likeness (QED) is 0.274. The van der Waals surface area contributed by atoms with Crippen molar-refractivity contribution >= 4 is 38.7 Å². The van der Waals surface area contributed by atoms with E-state index in [1.165, 1.54) is 36.4 Å². The molecule has 0 atom stereocenters. The summed E-state index contributed by atoms with van der Waals surface area (Å²) in [6.07, 6.45) is 5.79. The molecule has 1 aromatic carbocycles. The Hall–Kier alpha value is -3.88. The molecule has 4 aromatic rings. The molecule has 0 bridgehead atoms. The van der Waals surface area contributed by atoms with Gasteiger partial charge in [-0.25, -0.2) is 27.2 Å². The van der Waals surface area contributed by atoms with Gasteiger partial charge in [-0.1, -0.05) is 11.6 Å². The highest BCUT2D eigenvalue weighted by Crippen LogP contribution is 2.32. The van der Waals surface area contributed by atoms with Gasteiger partial charge in [0.15, 0.2) is 16.4 Å². The maximum Gasteiger partial charge on any atom is 0.272 e. The third-order valence-electron chi connectivity index (χ3n) is 5.56. The number of benzene rings is 1. The summed E-state index contributed by atoms with van der Waals surface area (Å²) in [7, 11) is 0.634. The number of aromatic nitrogens is 4. The number of carbonyl (C=O) groups is 1. The second kappa shape index (κ2) is 11.5. The largest absolute Gasteiger partial charge is 0.480 e. The van der Waals surface area contributed by atoms with E-state index in [4.69, 9.17) is 16.3 Å². The van der Waals surface area contributed by atoms with E-state index in [2.05, 4.69) is 25.0 Å². The van der Waals surface area contributed by atoms with Gasteiger partial charge in [0.25, 0.3) is 15.9 Å². The zero-order valence-corrected chi connectivity index (χ0v) is 22.6. The van der Waals surface area contributed by atoms with Gasteiger partial charge < -0.3 is 19.4 Å². The summed E-state index contributed by atoms with van der Waals surface area (Å²) in [6.45, 7) is 1.24. The number of ether oxygens (including phenoxy) is 1. The zero-order valence-electron chi connectivity index (χ0n) is 21.1. The summed E-state index contributed by atoms with van der Waals surface area (Å²) in [4.78, 5) is 26.1. The molecule has 0 radical (unpaired) electrons. The van der Waals surface area contributed by atoms with Gasteiger partial charge >= 0.3 is 0 Å². The highest BCUT2D eigenvalue weighted by molar-refractivity contribution is 7.92. The lowest BCUT2D eigenvalue weighted by atomic mass is 10.1. The van der Waals surface area contributed by atoms with Gasteiger partial charge in [-0.2, -0.15) is 0 Å². The number of hydrogen-bond acceptors (Lipinski definition) is 8. The molecular weight excluding hydrogens is 556 g/mol. The number of sulfonamides is 1. The Morgan fingerprint density at radius 2 is 1.95 bits per heavy atom. The van der Waals surface area contributed by atoms with Crippen LogP contribution in [0.4, 0.5) is 14.5 Å². The summed E-state index contributed by atoms with van der Waals surface area (Å²) in [5.41, 5.74) is -0.862. The van der Waals surface area contributed by atoms with Gasteiger partial charge in [0.05, 0.1) is 40.8 Å². The number of carbonyl (C=O) groups excluding carboxylic acids is 1. The van der Waals surface area contributed by atoms with Crippen molar-refractivity contribution in [1.29, 1.82) is 0 Å². The molecule has 206 valence electrons. The number of rotatable bonds is 10. The Labute approximate surface area is 227 Å².